The molecule has 2 amide bonds. The first-order valence-electron chi connectivity index (χ1n) is 14.2. The smallest absolute Gasteiger partial charge is 0.467 e. The van der Waals surface area contributed by atoms with Gasteiger partial charge in [-0.15, -0.1) is 0 Å². The van der Waals surface area contributed by atoms with Crippen LogP contribution in [0.3, 0.4) is 0 Å². The van der Waals surface area contributed by atoms with Crippen LogP contribution in [0.4, 0.5) is 13.2 Å². The van der Waals surface area contributed by atoms with Gasteiger partial charge in [0, 0.05) is 17.9 Å². The van der Waals surface area contributed by atoms with E-state index in [9.17, 15) is 37.5 Å². The predicted octanol–water partition coefficient (Wildman–Crippen LogP) is 4.44. The number of nitrogens with one attached hydrogen (secondary N) is 2. The van der Waals surface area contributed by atoms with Crippen LogP contribution in [-0.2, 0) is 28.7 Å². The van der Waals surface area contributed by atoms with E-state index in [4.69, 9.17) is 4.74 Å². The molecule has 0 bridgehead atoms. The molecule has 0 aliphatic heterocycles. The molecule has 0 aromatic heterocycles. The van der Waals surface area contributed by atoms with E-state index in [1.807, 2.05) is 5.32 Å². The number of carbonyl (C=O) groups excluding carboxylic acids is 4. The Morgan fingerprint density at radius 2 is 1.35 bits per heavy atom. The molecule has 13 heteroatoms. The number of alkyl halides is 3. The van der Waals surface area contributed by atoms with Crippen LogP contribution in [0.5, 0.6) is 0 Å². The highest BCUT2D eigenvalue weighted by molar-refractivity contribution is 7.99. The minimum atomic E-state index is -5.22. The topological polar surface area (TPSA) is 131 Å². The van der Waals surface area contributed by atoms with Crippen molar-refractivity contribution < 1.29 is 46.9 Å². The van der Waals surface area contributed by atoms with Gasteiger partial charge in [0.05, 0.1) is 13.7 Å². The Morgan fingerprint density at radius 3 is 1.82 bits per heavy atom. The number of unbranched alkanes of at least 4 members (excludes halogenated alkanes) is 12. The molecule has 3 N–H and O–H groups in total. The first-order chi connectivity index (χ1) is 19.1. The first kappa shape index (κ1) is 38.0. The molecule has 9 nitrogen and oxygen atoms in total. The fraction of sp³-hybridized carbons (Fsp3) is 0.852. The summed E-state index contributed by atoms with van der Waals surface area (Å²) >= 11 is 0.982. The van der Waals surface area contributed by atoms with Crippen LogP contribution < -0.4 is 10.6 Å². The lowest BCUT2D eigenvalue weighted by atomic mass is 10.0. The third-order valence-corrected chi connectivity index (χ3v) is 7.15. The van der Waals surface area contributed by atoms with Gasteiger partial charge in [-0.3, -0.25) is 14.4 Å². The second-order valence-corrected chi connectivity index (χ2v) is 10.7. The number of amides is 2. The average molecular weight is 601 g/mol. The summed E-state index contributed by atoms with van der Waals surface area (Å²) in [5, 5.41) is 12.8. The predicted molar refractivity (Wildman–Crippen MR) is 148 cm³/mol. The molecule has 0 aromatic rings. The van der Waals surface area contributed by atoms with Crippen LogP contribution in [0.15, 0.2) is 0 Å². The van der Waals surface area contributed by atoms with Crippen LogP contribution in [0.2, 0.25) is 0 Å². The van der Waals surface area contributed by atoms with Gasteiger partial charge in [-0.2, -0.15) is 24.9 Å². The highest BCUT2D eigenvalue weighted by Gasteiger charge is 2.41. The minimum absolute atomic E-state index is 0.00900. The van der Waals surface area contributed by atoms with E-state index in [-0.39, 0.29) is 30.5 Å². The molecule has 0 radical (unpaired) electrons. The lowest BCUT2D eigenvalue weighted by Gasteiger charge is -2.21. The largest absolute Gasteiger partial charge is 0.471 e. The maximum absolute atomic E-state index is 12.7. The van der Waals surface area contributed by atoms with Gasteiger partial charge in [0.1, 0.15) is 12.6 Å². The second-order valence-electron chi connectivity index (χ2n) is 9.58. The maximum Gasteiger partial charge on any atom is 0.471 e. The fourth-order valence-electron chi connectivity index (χ4n) is 3.79. The van der Waals surface area contributed by atoms with Crippen LogP contribution >= 0.6 is 11.8 Å². The Labute approximate surface area is 240 Å². The summed E-state index contributed by atoms with van der Waals surface area (Å²) in [7, 11) is 1.01. The number of rotatable bonds is 24. The number of halogens is 3. The fourth-order valence-corrected chi connectivity index (χ4v) is 4.63. The van der Waals surface area contributed by atoms with Gasteiger partial charge in [0.2, 0.25) is 5.91 Å². The van der Waals surface area contributed by atoms with Crippen LogP contribution in [-0.4, -0.2) is 78.9 Å². The molecule has 0 fully saturated rings. The second kappa shape index (κ2) is 23.7. The minimum Gasteiger partial charge on any atom is -0.467 e. The van der Waals surface area contributed by atoms with Crippen molar-refractivity contribution in [3.63, 3.8) is 0 Å². The van der Waals surface area contributed by atoms with Crippen molar-refractivity contribution in [2.75, 3.05) is 31.8 Å². The van der Waals surface area contributed by atoms with Crippen LogP contribution in [0.1, 0.15) is 96.8 Å². The Bertz CT molecular complexity index is 727. The van der Waals surface area contributed by atoms with Gasteiger partial charge in [-0.1, -0.05) is 84.0 Å². The van der Waals surface area contributed by atoms with E-state index >= 15 is 0 Å². The number of hydrogen-bond donors (Lipinski definition) is 3. The van der Waals surface area contributed by atoms with Gasteiger partial charge >= 0.3 is 24.0 Å². The average Bonchev–Trinajstić information content (AvgIpc) is 2.92. The van der Waals surface area contributed by atoms with E-state index in [0.717, 1.165) is 44.6 Å². The van der Waals surface area contributed by atoms with Crippen molar-refractivity contribution in [3.05, 3.63) is 0 Å². The van der Waals surface area contributed by atoms with Crippen molar-refractivity contribution in [1.82, 2.24) is 10.6 Å². The molecular weight excluding hydrogens is 553 g/mol. The number of aliphatic hydroxyl groups excluding tert-OH is 1. The third-order valence-electron chi connectivity index (χ3n) is 6.12. The number of esters is 2. The quantitative estimate of drug-likeness (QED) is 0.110. The molecule has 0 aliphatic carbocycles. The zero-order valence-electron chi connectivity index (χ0n) is 23.8. The summed E-state index contributed by atoms with van der Waals surface area (Å²) < 4.78 is 47.5. The number of ether oxygens (including phenoxy) is 2. The van der Waals surface area contributed by atoms with Crippen molar-refractivity contribution in [2.45, 2.75) is 115 Å². The Morgan fingerprint density at radius 1 is 0.825 bits per heavy atom. The molecule has 0 saturated carbocycles. The lowest BCUT2D eigenvalue weighted by Crippen LogP contribution is -2.55. The summed E-state index contributed by atoms with van der Waals surface area (Å²) in [5.74, 6) is -4.91. The number of thioether (sulfide) groups is 1. The Hall–Kier alpha value is -2.02. The molecule has 0 heterocycles. The van der Waals surface area contributed by atoms with Gasteiger partial charge in [-0.25, -0.2) is 4.79 Å². The molecule has 2 atom stereocenters. The molecule has 0 rings (SSSR count). The Kier molecular flexibility index (Phi) is 22.5. The zero-order valence-corrected chi connectivity index (χ0v) is 24.6. The molecule has 0 aromatic carbocycles. The summed E-state index contributed by atoms with van der Waals surface area (Å²) in [6.45, 7) is 1.36. The van der Waals surface area contributed by atoms with Crippen molar-refractivity contribution in [3.8, 4) is 0 Å². The Balaban J connectivity index is 4.14. The van der Waals surface area contributed by atoms with Crippen molar-refractivity contribution >= 4 is 35.5 Å². The molecule has 234 valence electrons. The molecular formula is C27H47F3N2O7S. The number of carbonyl (C=O) groups is 4. The number of methoxy groups -OCH3 is 1. The zero-order chi connectivity index (χ0) is 30.2. The number of aliphatic hydroxyl groups is 1. The highest BCUT2D eigenvalue weighted by atomic mass is 32.2. The van der Waals surface area contributed by atoms with E-state index in [1.165, 1.54) is 57.8 Å². The molecule has 40 heavy (non-hydrogen) atoms. The lowest BCUT2D eigenvalue weighted by molar-refractivity contribution is -0.174. The SMILES string of the molecule is CCCCCCCCCCCCCCCC(=O)OCCSC[C@@H](NC(=O)C(F)(F)F)C(=O)N[C@@H](CO)C(=O)OC. The maximum atomic E-state index is 12.7. The molecule has 0 unspecified atom stereocenters. The van der Waals surface area contributed by atoms with E-state index in [0.29, 0.717) is 0 Å². The van der Waals surface area contributed by atoms with Crippen molar-refractivity contribution in [2.24, 2.45) is 0 Å². The van der Waals surface area contributed by atoms with Crippen LogP contribution in [0.25, 0.3) is 0 Å². The third kappa shape index (κ3) is 19.9. The van der Waals surface area contributed by atoms with Gasteiger partial charge in [-0.05, 0) is 6.42 Å². The molecule has 0 spiro atoms. The summed E-state index contributed by atoms with van der Waals surface area (Å²) in [5.41, 5.74) is 0. The summed E-state index contributed by atoms with van der Waals surface area (Å²) in [6.07, 6.45) is 10.6. The van der Waals surface area contributed by atoms with Crippen molar-refractivity contribution in [1.29, 1.82) is 0 Å². The summed E-state index contributed by atoms with van der Waals surface area (Å²) in [4.78, 5) is 47.1. The monoisotopic (exact) mass is 600 g/mol. The van der Waals surface area contributed by atoms with Gasteiger partial charge in [0.25, 0.3) is 0 Å². The molecule has 0 aliphatic rings. The van der Waals surface area contributed by atoms with E-state index < -0.39 is 42.7 Å². The normalized spacial score (nSPS) is 12.8. The highest BCUT2D eigenvalue weighted by Crippen LogP contribution is 2.16. The summed E-state index contributed by atoms with van der Waals surface area (Å²) in [6, 6.07) is -3.15. The van der Waals surface area contributed by atoms with Gasteiger partial charge < -0.3 is 25.2 Å². The van der Waals surface area contributed by atoms with Gasteiger partial charge in [0.15, 0.2) is 6.04 Å². The number of hydrogen-bond acceptors (Lipinski definition) is 8. The van der Waals surface area contributed by atoms with Crippen LogP contribution in [0, 0.1) is 0 Å². The standard InChI is InChI=1S/C27H47F3N2O7S/c1-3-4-5-6-7-8-9-10-11-12-13-14-15-16-23(34)39-17-18-40-20-22(32-26(37)27(28,29)30)24(35)31-21(19-33)25(36)38-2/h21-22,33H,3-20H2,1-2H3,(H,31,35)(H,32,37)/t21-,22+/m0/s1. The van der Waals surface area contributed by atoms with E-state index in [2.05, 4.69) is 11.7 Å². The molecule has 0 saturated heterocycles. The van der Waals surface area contributed by atoms with E-state index in [1.54, 1.807) is 5.32 Å². The first-order valence-corrected chi connectivity index (χ1v) is 15.3.